The quantitative estimate of drug-likeness (QED) is 0.634. The first-order chi connectivity index (χ1) is 13.7. The van der Waals surface area contributed by atoms with E-state index in [4.69, 9.17) is 16.0 Å². The summed E-state index contributed by atoms with van der Waals surface area (Å²) in [6.45, 7) is 0.0484. The average Bonchev–Trinajstić information content (AvgIpc) is 3.17. The highest BCUT2D eigenvalue weighted by atomic mass is 35.5. The molecule has 0 aliphatic heterocycles. The molecule has 0 radical (unpaired) electrons. The van der Waals surface area contributed by atoms with E-state index in [1.54, 1.807) is 0 Å². The number of sulfonamides is 1. The van der Waals surface area contributed by atoms with Crippen LogP contribution in [0.5, 0.6) is 0 Å². The normalized spacial score (nSPS) is 11.6. The van der Waals surface area contributed by atoms with Gasteiger partial charge in [-0.3, -0.25) is 4.79 Å². The van der Waals surface area contributed by atoms with Crippen molar-refractivity contribution in [2.75, 3.05) is 14.1 Å². The molecule has 29 heavy (non-hydrogen) atoms. The highest BCUT2D eigenvalue weighted by molar-refractivity contribution is 7.89. The van der Waals surface area contributed by atoms with Crippen molar-refractivity contribution in [3.8, 4) is 11.5 Å². The highest BCUT2D eigenvalue weighted by Gasteiger charge is 2.19. The predicted molar refractivity (Wildman–Crippen MR) is 103 cm³/mol. The topological polar surface area (TPSA) is 105 Å². The molecule has 11 heteroatoms. The van der Waals surface area contributed by atoms with E-state index in [9.17, 15) is 17.6 Å². The molecule has 3 rings (SSSR count). The van der Waals surface area contributed by atoms with E-state index in [-0.39, 0.29) is 28.2 Å². The van der Waals surface area contributed by atoms with Gasteiger partial charge in [0.1, 0.15) is 5.82 Å². The Morgan fingerprint density at radius 1 is 1.17 bits per heavy atom. The van der Waals surface area contributed by atoms with Gasteiger partial charge in [0, 0.05) is 31.2 Å². The third-order valence-electron chi connectivity index (χ3n) is 3.95. The van der Waals surface area contributed by atoms with E-state index in [1.165, 1.54) is 50.5 Å². The smallest absolute Gasteiger partial charge is 0.309 e. The van der Waals surface area contributed by atoms with Gasteiger partial charge in [-0.2, -0.15) is 0 Å². The number of halogens is 2. The molecular formula is C18H16ClFN4O4S. The Bertz CT molecular complexity index is 1150. The summed E-state index contributed by atoms with van der Waals surface area (Å²) in [4.78, 5) is 12.3. The minimum atomic E-state index is -3.56. The third kappa shape index (κ3) is 4.61. The molecule has 0 aliphatic carbocycles. The molecule has 8 nitrogen and oxygen atoms in total. The molecule has 2 aromatic carbocycles. The fourth-order valence-electron chi connectivity index (χ4n) is 2.33. The minimum Gasteiger partial charge on any atom is -0.412 e. The first kappa shape index (κ1) is 20.9. The summed E-state index contributed by atoms with van der Waals surface area (Å²) in [5, 5.41) is 10.2. The van der Waals surface area contributed by atoms with Gasteiger partial charge in [0.15, 0.2) is 0 Å². The van der Waals surface area contributed by atoms with Gasteiger partial charge in [-0.05, 0) is 42.0 Å². The van der Waals surface area contributed by atoms with E-state index in [1.807, 2.05) is 0 Å². The van der Waals surface area contributed by atoms with Gasteiger partial charge in [-0.1, -0.05) is 17.7 Å². The summed E-state index contributed by atoms with van der Waals surface area (Å²) in [6.07, 6.45) is 0. The van der Waals surface area contributed by atoms with Gasteiger partial charge in [-0.15, -0.1) is 10.2 Å². The standard InChI is InChI=1S/C18H16ClFN4O4S/c1-24(2)29(26,27)14-7-4-11(5-8-14)17-22-23-18(28-17)16(25)21-10-12-3-6-13(20)9-15(12)19/h3-9H,10H2,1-2H3,(H,21,25). The zero-order valence-electron chi connectivity index (χ0n) is 15.4. The maximum atomic E-state index is 13.1. The molecule has 0 unspecified atom stereocenters. The molecule has 0 fully saturated rings. The van der Waals surface area contributed by atoms with E-state index >= 15 is 0 Å². The summed E-state index contributed by atoms with van der Waals surface area (Å²) < 4.78 is 43.7. The second kappa shape index (κ2) is 8.27. The van der Waals surface area contributed by atoms with Crippen LogP contribution >= 0.6 is 11.6 Å². The maximum absolute atomic E-state index is 13.1. The zero-order valence-corrected chi connectivity index (χ0v) is 17.0. The van der Waals surface area contributed by atoms with Crippen LogP contribution in [0, 0.1) is 5.82 Å². The first-order valence-corrected chi connectivity index (χ1v) is 10.1. The largest absolute Gasteiger partial charge is 0.412 e. The molecule has 3 aromatic rings. The molecule has 1 aromatic heterocycles. The second-order valence-electron chi connectivity index (χ2n) is 6.14. The van der Waals surface area contributed by atoms with Crippen LogP contribution in [0.15, 0.2) is 51.8 Å². The summed E-state index contributed by atoms with van der Waals surface area (Å²) in [5.41, 5.74) is 0.981. The van der Waals surface area contributed by atoms with Crippen molar-refractivity contribution in [2.45, 2.75) is 11.4 Å². The number of nitrogens with one attached hydrogen (secondary N) is 1. The van der Waals surface area contributed by atoms with Crippen molar-refractivity contribution in [2.24, 2.45) is 0 Å². The zero-order chi connectivity index (χ0) is 21.2. The molecule has 0 aliphatic rings. The average molecular weight is 439 g/mol. The van der Waals surface area contributed by atoms with Crippen LogP contribution in [0.3, 0.4) is 0 Å². The molecule has 1 N–H and O–H groups in total. The molecule has 0 atom stereocenters. The Labute approximate surface area is 171 Å². The Hall–Kier alpha value is -2.82. The molecule has 0 saturated heterocycles. The van der Waals surface area contributed by atoms with Crippen LogP contribution in [0.4, 0.5) is 4.39 Å². The molecule has 152 valence electrons. The van der Waals surface area contributed by atoms with Crippen LogP contribution in [0.25, 0.3) is 11.5 Å². The number of benzene rings is 2. The molecule has 1 heterocycles. The fraction of sp³-hybridized carbons (Fsp3) is 0.167. The molecule has 0 spiro atoms. The summed E-state index contributed by atoms with van der Waals surface area (Å²) in [7, 11) is -0.684. The Morgan fingerprint density at radius 2 is 1.86 bits per heavy atom. The number of rotatable bonds is 6. The van der Waals surface area contributed by atoms with Gasteiger partial charge in [-0.25, -0.2) is 17.1 Å². The lowest BCUT2D eigenvalue weighted by atomic mass is 10.2. The number of nitrogens with zero attached hydrogens (tertiary/aromatic N) is 3. The van der Waals surface area contributed by atoms with E-state index in [0.29, 0.717) is 11.1 Å². The lowest BCUT2D eigenvalue weighted by Crippen LogP contribution is -2.23. The van der Waals surface area contributed by atoms with Crippen LogP contribution in [0.2, 0.25) is 5.02 Å². The summed E-state index contributed by atoms with van der Waals surface area (Å²) in [6, 6.07) is 9.66. The minimum absolute atomic E-state index is 0.0484. The molecule has 0 saturated carbocycles. The molecule has 0 bridgehead atoms. The highest BCUT2D eigenvalue weighted by Crippen LogP contribution is 2.22. The number of hydrogen-bond acceptors (Lipinski definition) is 6. The summed E-state index contributed by atoms with van der Waals surface area (Å²) >= 11 is 5.92. The van der Waals surface area contributed by atoms with E-state index in [0.717, 1.165) is 10.4 Å². The molecule has 1 amide bonds. The van der Waals surface area contributed by atoms with Crippen LogP contribution in [-0.4, -0.2) is 42.9 Å². The monoisotopic (exact) mass is 438 g/mol. The SMILES string of the molecule is CN(C)S(=O)(=O)c1ccc(-c2nnc(C(=O)NCc3ccc(F)cc3Cl)o2)cc1. The van der Waals surface area contributed by atoms with Crippen molar-refractivity contribution in [3.05, 3.63) is 64.8 Å². The van der Waals surface area contributed by atoms with Crippen molar-refractivity contribution in [1.29, 1.82) is 0 Å². The third-order valence-corrected chi connectivity index (χ3v) is 6.13. The van der Waals surface area contributed by atoms with Gasteiger partial charge < -0.3 is 9.73 Å². The number of carbonyl (C=O) groups excluding carboxylic acids is 1. The van der Waals surface area contributed by atoms with Gasteiger partial charge in [0.25, 0.3) is 0 Å². The fourth-order valence-corrected chi connectivity index (χ4v) is 3.46. The van der Waals surface area contributed by atoms with Crippen molar-refractivity contribution < 1.29 is 22.0 Å². The first-order valence-electron chi connectivity index (χ1n) is 8.27. The van der Waals surface area contributed by atoms with Crippen LogP contribution in [0.1, 0.15) is 16.2 Å². The van der Waals surface area contributed by atoms with Gasteiger partial charge >= 0.3 is 11.8 Å². The van der Waals surface area contributed by atoms with Gasteiger partial charge in [0.05, 0.1) is 4.90 Å². The molecular weight excluding hydrogens is 423 g/mol. The van der Waals surface area contributed by atoms with Crippen molar-refractivity contribution >= 4 is 27.5 Å². The van der Waals surface area contributed by atoms with E-state index < -0.39 is 21.7 Å². The Kier molecular flexibility index (Phi) is 5.96. The second-order valence-corrected chi connectivity index (χ2v) is 8.70. The number of carbonyl (C=O) groups is 1. The summed E-state index contributed by atoms with van der Waals surface area (Å²) in [5.74, 6) is -1.32. The lowest BCUT2D eigenvalue weighted by Gasteiger charge is -2.11. The van der Waals surface area contributed by atoms with Crippen LogP contribution in [-0.2, 0) is 16.6 Å². The van der Waals surface area contributed by atoms with Crippen molar-refractivity contribution in [3.63, 3.8) is 0 Å². The Morgan fingerprint density at radius 3 is 2.48 bits per heavy atom. The van der Waals surface area contributed by atoms with E-state index in [2.05, 4.69) is 15.5 Å². The van der Waals surface area contributed by atoms with Crippen LogP contribution < -0.4 is 5.32 Å². The number of hydrogen-bond donors (Lipinski definition) is 1. The van der Waals surface area contributed by atoms with Gasteiger partial charge in [0.2, 0.25) is 15.9 Å². The lowest BCUT2D eigenvalue weighted by molar-refractivity contribution is 0.0917. The van der Waals surface area contributed by atoms with Crippen molar-refractivity contribution in [1.82, 2.24) is 19.8 Å². The predicted octanol–water partition coefficient (Wildman–Crippen LogP) is 2.71. The number of amides is 1. The number of aromatic nitrogens is 2. The maximum Gasteiger partial charge on any atom is 0.309 e. The Balaban J connectivity index is 1.71.